The topological polar surface area (TPSA) is 70.9 Å². The number of piperidine rings is 1. The van der Waals surface area contributed by atoms with Crippen molar-refractivity contribution >= 4 is 23.4 Å². The normalized spacial score (nSPS) is 16.4. The van der Waals surface area contributed by atoms with Crippen LogP contribution < -0.4 is 9.80 Å². The number of methoxy groups -OCH3 is 1. The predicted molar refractivity (Wildman–Crippen MR) is 139 cm³/mol. The minimum atomic E-state index is -4.59. The number of fused-ring (bicyclic) bond motifs is 1. The van der Waals surface area contributed by atoms with Gasteiger partial charge in [-0.05, 0) is 43.0 Å². The summed E-state index contributed by atoms with van der Waals surface area (Å²) in [5, 5.41) is 4.26. The summed E-state index contributed by atoms with van der Waals surface area (Å²) in [7, 11) is 1.25. The number of esters is 1. The summed E-state index contributed by atoms with van der Waals surface area (Å²) in [5.41, 5.74) is 1.36. The Labute approximate surface area is 228 Å². The highest BCUT2D eigenvalue weighted by Crippen LogP contribution is 2.37. The van der Waals surface area contributed by atoms with Crippen molar-refractivity contribution in [1.82, 2.24) is 14.7 Å². The van der Waals surface area contributed by atoms with Crippen LogP contribution >= 0.6 is 0 Å². The Kier molecular flexibility index (Phi) is 7.43. The SMILES string of the molecule is COC(=O)Cn1ncc2c1CN(C1CCN(c3c(C)cccc3F)CC1)C(=O)N2Cc1ccccc1C(F)(F)F. The molecule has 0 atom stereocenters. The van der Waals surface area contributed by atoms with Crippen molar-refractivity contribution in [2.45, 2.75) is 51.6 Å². The van der Waals surface area contributed by atoms with E-state index < -0.39 is 23.7 Å². The minimum absolute atomic E-state index is 0.0540. The Balaban J connectivity index is 1.45. The van der Waals surface area contributed by atoms with Crippen molar-refractivity contribution < 1.29 is 31.9 Å². The van der Waals surface area contributed by atoms with Crippen LogP contribution in [0.5, 0.6) is 0 Å². The summed E-state index contributed by atoms with van der Waals surface area (Å²) in [6.07, 6.45) is -2.13. The number of carbonyl (C=O) groups is 2. The van der Waals surface area contributed by atoms with E-state index in [4.69, 9.17) is 4.74 Å². The summed E-state index contributed by atoms with van der Waals surface area (Å²) in [6.45, 7) is 2.45. The van der Waals surface area contributed by atoms with Crippen molar-refractivity contribution in [1.29, 1.82) is 0 Å². The van der Waals surface area contributed by atoms with Crippen molar-refractivity contribution in [3.8, 4) is 0 Å². The number of aryl methyl sites for hydroxylation is 1. The van der Waals surface area contributed by atoms with E-state index in [0.717, 1.165) is 11.6 Å². The van der Waals surface area contributed by atoms with Gasteiger partial charge in [-0.15, -0.1) is 0 Å². The molecule has 1 fully saturated rings. The smallest absolute Gasteiger partial charge is 0.416 e. The molecule has 2 aromatic carbocycles. The third kappa shape index (κ3) is 5.22. The molecule has 8 nitrogen and oxygen atoms in total. The van der Waals surface area contributed by atoms with Gasteiger partial charge in [0.05, 0.1) is 49.0 Å². The summed E-state index contributed by atoms with van der Waals surface area (Å²) in [6, 6.07) is 9.39. The summed E-state index contributed by atoms with van der Waals surface area (Å²) in [5.74, 6) is -0.852. The molecule has 0 unspecified atom stereocenters. The highest BCUT2D eigenvalue weighted by atomic mass is 19.4. The van der Waals surface area contributed by atoms with Crippen LogP contribution in [0.4, 0.5) is 33.7 Å². The molecular weight excluding hydrogens is 530 g/mol. The summed E-state index contributed by atoms with van der Waals surface area (Å²) < 4.78 is 62.1. The maximum Gasteiger partial charge on any atom is 0.416 e. The van der Waals surface area contributed by atoms with Gasteiger partial charge < -0.3 is 14.5 Å². The van der Waals surface area contributed by atoms with Crippen molar-refractivity contribution in [2.24, 2.45) is 0 Å². The van der Waals surface area contributed by atoms with Crippen LogP contribution in [0.15, 0.2) is 48.7 Å². The lowest BCUT2D eigenvalue weighted by molar-refractivity contribution is -0.141. The molecule has 212 valence electrons. The van der Waals surface area contributed by atoms with Crippen molar-refractivity contribution in [2.75, 3.05) is 30.0 Å². The van der Waals surface area contributed by atoms with Gasteiger partial charge in [0.25, 0.3) is 0 Å². The molecule has 1 saturated heterocycles. The number of ether oxygens (including phenoxy) is 1. The molecule has 0 aliphatic carbocycles. The molecule has 0 N–H and O–H groups in total. The second-order valence-electron chi connectivity index (χ2n) is 9.99. The van der Waals surface area contributed by atoms with E-state index in [2.05, 4.69) is 5.10 Å². The zero-order valence-electron chi connectivity index (χ0n) is 22.1. The van der Waals surface area contributed by atoms with Crippen LogP contribution in [0.3, 0.4) is 0 Å². The van der Waals surface area contributed by atoms with E-state index in [0.29, 0.717) is 43.0 Å². The zero-order valence-corrected chi connectivity index (χ0v) is 22.1. The lowest BCUT2D eigenvalue weighted by Crippen LogP contribution is -2.54. The molecule has 2 aliphatic heterocycles. The number of aromatic nitrogens is 2. The quantitative estimate of drug-likeness (QED) is 0.309. The lowest BCUT2D eigenvalue weighted by atomic mass is 10.00. The maximum absolute atomic E-state index is 14.6. The van der Waals surface area contributed by atoms with Gasteiger partial charge in [-0.1, -0.05) is 30.3 Å². The van der Waals surface area contributed by atoms with Crippen LogP contribution in [-0.4, -0.2) is 52.9 Å². The predicted octanol–water partition coefficient (Wildman–Crippen LogP) is 5.13. The molecule has 2 amide bonds. The van der Waals surface area contributed by atoms with Crippen molar-refractivity contribution in [3.63, 3.8) is 0 Å². The van der Waals surface area contributed by atoms with E-state index in [1.807, 2.05) is 17.9 Å². The standard InChI is InChI=1S/C28H29F4N5O3/c1-18-6-5-9-22(29)26(18)34-12-10-20(11-13-34)35-16-24-23(14-33-37(24)17-25(38)40-2)36(27(35)39)15-19-7-3-4-8-21(19)28(30,31)32/h3-9,14,20H,10-13,15-17H2,1-2H3. The molecule has 2 aliphatic rings. The number of para-hydroxylation sites is 1. The lowest BCUT2D eigenvalue weighted by Gasteiger charge is -2.44. The molecular formula is C28H29F4N5O3. The van der Waals surface area contributed by atoms with Gasteiger partial charge in [-0.25, -0.2) is 9.18 Å². The van der Waals surface area contributed by atoms with Crippen LogP contribution in [0, 0.1) is 12.7 Å². The number of anilines is 2. The molecule has 5 rings (SSSR count). The number of halogens is 4. The molecule has 1 aromatic heterocycles. The molecule has 0 radical (unpaired) electrons. The van der Waals surface area contributed by atoms with Gasteiger partial charge >= 0.3 is 18.2 Å². The first-order valence-electron chi connectivity index (χ1n) is 12.9. The average molecular weight is 560 g/mol. The van der Waals surface area contributed by atoms with E-state index in [9.17, 15) is 27.2 Å². The van der Waals surface area contributed by atoms with E-state index in [1.54, 1.807) is 11.0 Å². The first-order valence-corrected chi connectivity index (χ1v) is 12.9. The third-order valence-electron chi connectivity index (χ3n) is 7.58. The number of rotatable bonds is 6. The first-order chi connectivity index (χ1) is 19.1. The Bertz CT molecular complexity index is 1390. The van der Waals surface area contributed by atoms with Gasteiger partial charge in [0.15, 0.2) is 0 Å². The van der Waals surface area contributed by atoms with Gasteiger partial charge in [-0.3, -0.25) is 14.4 Å². The monoisotopic (exact) mass is 559 g/mol. The van der Waals surface area contributed by atoms with Crippen LogP contribution in [0.2, 0.25) is 0 Å². The number of nitrogens with zero attached hydrogens (tertiary/aromatic N) is 5. The summed E-state index contributed by atoms with van der Waals surface area (Å²) in [4.78, 5) is 30.8. The molecule has 40 heavy (non-hydrogen) atoms. The highest BCUT2D eigenvalue weighted by molar-refractivity contribution is 5.94. The molecule has 0 bridgehead atoms. The summed E-state index contributed by atoms with van der Waals surface area (Å²) >= 11 is 0. The molecule has 3 aromatic rings. The molecule has 0 saturated carbocycles. The van der Waals surface area contributed by atoms with Crippen LogP contribution in [-0.2, 0) is 35.3 Å². The number of carbonyl (C=O) groups excluding carboxylic acids is 2. The number of alkyl halides is 3. The van der Waals surface area contributed by atoms with Gasteiger partial charge in [0.1, 0.15) is 12.4 Å². The maximum atomic E-state index is 14.6. The Morgan fingerprint density at radius 3 is 2.50 bits per heavy atom. The first kappa shape index (κ1) is 27.5. The van der Waals surface area contributed by atoms with E-state index in [1.165, 1.54) is 47.2 Å². The number of urea groups is 1. The fraction of sp³-hybridized carbons (Fsp3) is 0.393. The second kappa shape index (κ2) is 10.8. The van der Waals surface area contributed by atoms with Gasteiger partial charge in [0, 0.05) is 19.1 Å². The number of benzene rings is 2. The Hall–Kier alpha value is -4.09. The largest absolute Gasteiger partial charge is 0.468 e. The van der Waals surface area contributed by atoms with E-state index in [-0.39, 0.29) is 37.1 Å². The average Bonchev–Trinajstić information content (AvgIpc) is 3.32. The number of amides is 2. The molecule has 3 heterocycles. The van der Waals surface area contributed by atoms with Crippen LogP contribution in [0.25, 0.3) is 0 Å². The van der Waals surface area contributed by atoms with Crippen LogP contribution in [0.1, 0.15) is 35.2 Å². The molecule has 12 heteroatoms. The third-order valence-corrected chi connectivity index (χ3v) is 7.58. The Morgan fingerprint density at radius 2 is 1.82 bits per heavy atom. The second-order valence-corrected chi connectivity index (χ2v) is 9.99. The Morgan fingerprint density at radius 1 is 1.10 bits per heavy atom. The van der Waals surface area contributed by atoms with E-state index >= 15 is 0 Å². The van der Waals surface area contributed by atoms with Gasteiger partial charge in [0.2, 0.25) is 0 Å². The van der Waals surface area contributed by atoms with Gasteiger partial charge in [-0.2, -0.15) is 18.3 Å². The fourth-order valence-corrected chi connectivity index (χ4v) is 5.57. The number of hydrogen-bond acceptors (Lipinski definition) is 5. The highest BCUT2D eigenvalue weighted by Gasteiger charge is 2.40. The van der Waals surface area contributed by atoms with Crippen molar-refractivity contribution in [3.05, 3.63) is 76.9 Å². The fourth-order valence-electron chi connectivity index (χ4n) is 5.57. The molecule has 0 spiro atoms. The zero-order chi connectivity index (χ0) is 28.6. The minimum Gasteiger partial charge on any atom is -0.468 e. The number of hydrogen-bond donors (Lipinski definition) is 0.